The Kier molecular flexibility index (Phi) is 3.48. The first-order valence-corrected chi connectivity index (χ1v) is 4.62. The van der Waals surface area contributed by atoms with Gasteiger partial charge in [0.05, 0.1) is 0 Å². The first-order valence-electron chi connectivity index (χ1n) is 4.62. The zero-order chi connectivity index (χ0) is 8.97. The van der Waals surface area contributed by atoms with Crippen LogP contribution in [-0.2, 0) is 4.79 Å². The van der Waals surface area contributed by atoms with Gasteiger partial charge in [0, 0.05) is 18.4 Å². The Hall–Kier alpha value is -0.630. The Morgan fingerprint density at radius 2 is 2.50 bits per heavy atom. The third-order valence-electron chi connectivity index (χ3n) is 2.52. The second kappa shape index (κ2) is 4.41. The Bertz CT molecular complexity index is 177. The Morgan fingerprint density at radius 1 is 1.75 bits per heavy atom. The van der Waals surface area contributed by atoms with Crippen LogP contribution in [0.25, 0.3) is 0 Å². The lowest BCUT2D eigenvalue weighted by atomic mass is 9.87. The van der Waals surface area contributed by atoms with Gasteiger partial charge in [-0.2, -0.15) is 0 Å². The first kappa shape index (κ1) is 9.46. The van der Waals surface area contributed by atoms with E-state index in [0.29, 0.717) is 18.2 Å². The zero-order valence-corrected chi connectivity index (χ0v) is 7.68. The molecular formula is C10H17NO. The molecule has 1 aliphatic rings. The number of allylic oxidation sites excluding steroid dienone is 1. The Labute approximate surface area is 74.0 Å². The van der Waals surface area contributed by atoms with Crippen molar-refractivity contribution in [1.82, 2.24) is 5.32 Å². The summed E-state index contributed by atoms with van der Waals surface area (Å²) in [6, 6.07) is 0.353. The van der Waals surface area contributed by atoms with Crippen molar-refractivity contribution in [1.29, 1.82) is 0 Å². The number of piperidine rings is 1. The van der Waals surface area contributed by atoms with E-state index >= 15 is 0 Å². The average molecular weight is 167 g/mol. The van der Waals surface area contributed by atoms with Gasteiger partial charge in [0.15, 0.2) is 0 Å². The van der Waals surface area contributed by atoms with Crippen LogP contribution in [0.2, 0.25) is 0 Å². The van der Waals surface area contributed by atoms with Crippen LogP contribution >= 0.6 is 0 Å². The van der Waals surface area contributed by atoms with E-state index in [-0.39, 0.29) is 5.92 Å². The fourth-order valence-electron chi connectivity index (χ4n) is 1.78. The highest BCUT2D eigenvalue weighted by Crippen LogP contribution is 2.18. The quantitative estimate of drug-likeness (QED) is 0.646. The largest absolute Gasteiger partial charge is 0.314 e. The van der Waals surface area contributed by atoms with Crippen LogP contribution in [0.4, 0.5) is 0 Å². The summed E-state index contributed by atoms with van der Waals surface area (Å²) >= 11 is 0. The van der Waals surface area contributed by atoms with Crippen molar-refractivity contribution in [3.8, 4) is 0 Å². The van der Waals surface area contributed by atoms with Crippen molar-refractivity contribution in [2.24, 2.45) is 5.92 Å². The van der Waals surface area contributed by atoms with E-state index in [1.807, 2.05) is 0 Å². The van der Waals surface area contributed by atoms with Gasteiger partial charge in [-0.25, -0.2) is 0 Å². The number of hydrogen-bond acceptors (Lipinski definition) is 2. The minimum absolute atomic E-state index is 0.219. The van der Waals surface area contributed by atoms with Crippen molar-refractivity contribution in [2.75, 3.05) is 6.54 Å². The highest BCUT2D eigenvalue weighted by atomic mass is 16.1. The number of nitrogens with one attached hydrogen (secondary N) is 1. The van der Waals surface area contributed by atoms with E-state index in [0.717, 1.165) is 19.4 Å². The molecule has 68 valence electrons. The van der Waals surface area contributed by atoms with Gasteiger partial charge in [0.25, 0.3) is 0 Å². The summed E-state index contributed by atoms with van der Waals surface area (Å²) in [6.45, 7) is 6.72. The summed E-state index contributed by atoms with van der Waals surface area (Å²) in [5.74, 6) is 0.557. The van der Waals surface area contributed by atoms with Crippen LogP contribution in [0.15, 0.2) is 12.7 Å². The molecule has 0 bridgehead atoms. The number of Topliss-reactive ketones (excluding diaryl/α,β-unsaturated/α-hetero) is 1. The van der Waals surface area contributed by atoms with Gasteiger partial charge in [-0.1, -0.05) is 6.08 Å². The molecule has 0 aromatic heterocycles. The Balaban J connectivity index is 2.47. The van der Waals surface area contributed by atoms with Crippen LogP contribution in [-0.4, -0.2) is 18.4 Å². The topological polar surface area (TPSA) is 29.1 Å². The van der Waals surface area contributed by atoms with E-state index < -0.39 is 0 Å². The highest BCUT2D eigenvalue weighted by molar-refractivity contribution is 5.83. The van der Waals surface area contributed by atoms with E-state index in [1.165, 1.54) is 0 Å². The maximum absolute atomic E-state index is 11.5. The summed E-state index contributed by atoms with van der Waals surface area (Å²) < 4.78 is 0. The lowest BCUT2D eigenvalue weighted by molar-refractivity contribution is -0.123. The van der Waals surface area contributed by atoms with Crippen molar-refractivity contribution < 1.29 is 4.79 Å². The summed E-state index contributed by atoms with van der Waals surface area (Å²) in [7, 11) is 0. The smallest absolute Gasteiger partial charge is 0.141 e. The molecule has 0 aromatic carbocycles. The lowest BCUT2D eigenvalue weighted by Crippen LogP contribution is -2.42. The lowest BCUT2D eigenvalue weighted by Gasteiger charge is -2.28. The zero-order valence-electron chi connectivity index (χ0n) is 7.68. The SMILES string of the molecule is C=CCC(=O)C1CCCNC1C. The highest BCUT2D eigenvalue weighted by Gasteiger charge is 2.25. The summed E-state index contributed by atoms with van der Waals surface area (Å²) in [5, 5.41) is 3.32. The molecule has 0 amide bonds. The molecule has 0 radical (unpaired) electrons. The maximum Gasteiger partial charge on any atom is 0.141 e. The average Bonchev–Trinajstić information content (AvgIpc) is 2.05. The first-order chi connectivity index (χ1) is 5.75. The molecule has 1 heterocycles. The predicted molar refractivity (Wildman–Crippen MR) is 50.0 cm³/mol. The molecule has 0 saturated carbocycles. The number of hydrogen-bond donors (Lipinski definition) is 1. The van der Waals surface area contributed by atoms with Gasteiger partial charge in [0.2, 0.25) is 0 Å². The molecule has 1 fully saturated rings. The molecule has 2 atom stereocenters. The van der Waals surface area contributed by atoms with Gasteiger partial charge >= 0.3 is 0 Å². The summed E-state index contributed by atoms with van der Waals surface area (Å²) in [5.41, 5.74) is 0. The van der Waals surface area contributed by atoms with Crippen LogP contribution in [0.3, 0.4) is 0 Å². The molecule has 12 heavy (non-hydrogen) atoms. The van der Waals surface area contributed by atoms with Crippen molar-refractivity contribution >= 4 is 5.78 Å². The number of ketones is 1. The number of carbonyl (C=O) groups excluding carboxylic acids is 1. The molecular weight excluding hydrogens is 150 g/mol. The molecule has 0 spiro atoms. The summed E-state index contributed by atoms with van der Waals surface area (Å²) in [6.07, 6.45) is 4.39. The van der Waals surface area contributed by atoms with Crippen molar-refractivity contribution in [3.05, 3.63) is 12.7 Å². The van der Waals surface area contributed by atoms with Crippen LogP contribution in [0, 0.1) is 5.92 Å². The summed E-state index contributed by atoms with van der Waals surface area (Å²) in [4.78, 5) is 11.5. The normalized spacial score (nSPS) is 29.8. The fraction of sp³-hybridized carbons (Fsp3) is 0.700. The molecule has 0 aliphatic carbocycles. The van der Waals surface area contributed by atoms with Gasteiger partial charge in [-0.15, -0.1) is 6.58 Å². The van der Waals surface area contributed by atoms with Crippen LogP contribution in [0.1, 0.15) is 26.2 Å². The van der Waals surface area contributed by atoms with Crippen molar-refractivity contribution in [3.63, 3.8) is 0 Å². The standard InChI is InChI=1S/C10H17NO/c1-3-5-10(12)9-6-4-7-11-8(9)2/h3,8-9,11H,1,4-7H2,2H3. The Morgan fingerprint density at radius 3 is 3.08 bits per heavy atom. The second-order valence-corrected chi connectivity index (χ2v) is 3.45. The molecule has 1 rings (SSSR count). The molecule has 0 aromatic rings. The van der Waals surface area contributed by atoms with E-state index in [4.69, 9.17) is 0 Å². The van der Waals surface area contributed by atoms with Crippen LogP contribution < -0.4 is 5.32 Å². The van der Waals surface area contributed by atoms with Gasteiger partial charge in [-0.05, 0) is 26.3 Å². The van der Waals surface area contributed by atoms with Gasteiger partial charge in [-0.3, -0.25) is 4.79 Å². The fourth-order valence-corrected chi connectivity index (χ4v) is 1.78. The van der Waals surface area contributed by atoms with Crippen LogP contribution in [0.5, 0.6) is 0 Å². The van der Waals surface area contributed by atoms with Gasteiger partial charge < -0.3 is 5.32 Å². The minimum Gasteiger partial charge on any atom is -0.314 e. The maximum atomic E-state index is 11.5. The second-order valence-electron chi connectivity index (χ2n) is 3.45. The molecule has 1 N–H and O–H groups in total. The van der Waals surface area contributed by atoms with E-state index in [2.05, 4.69) is 18.8 Å². The molecule has 2 nitrogen and oxygen atoms in total. The molecule has 1 saturated heterocycles. The van der Waals surface area contributed by atoms with Gasteiger partial charge in [0.1, 0.15) is 5.78 Å². The van der Waals surface area contributed by atoms with E-state index in [1.54, 1.807) is 6.08 Å². The molecule has 1 aliphatic heterocycles. The number of rotatable bonds is 3. The molecule has 2 unspecified atom stereocenters. The number of carbonyl (C=O) groups is 1. The monoisotopic (exact) mass is 167 g/mol. The third kappa shape index (κ3) is 2.18. The predicted octanol–water partition coefficient (Wildman–Crippen LogP) is 1.52. The third-order valence-corrected chi connectivity index (χ3v) is 2.52. The minimum atomic E-state index is 0.219. The van der Waals surface area contributed by atoms with E-state index in [9.17, 15) is 4.79 Å². The van der Waals surface area contributed by atoms with Crippen molar-refractivity contribution in [2.45, 2.75) is 32.2 Å². The molecule has 2 heteroatoms.